The summed E-state index contributed by atoms with van der Waals surface area (Å²) in [5, 5.41) is 8.38. The monoisotopic (exact) mass is 187 g/mol. The Bertz CT molecular complexity index is 459. The molecule has 3 heteroatoms. The first kappa shape index (κ1) is 7.97. The zero-order chi connectivity index (χ0) is 9.38. The van der Waals surface area contributed by atoms with Crippen molar-refractivity contribution in [2.75, 3.05) is 0 Å². The Kier molecular flexibility index (Phi) is 1.76. The van der Waals surface area contributed by atoms with E-state index in [-0.39, 0.29) is 0 Å². The third-order valence-electron chi connectivity index (χ3n) is 2.93. The van der Waals surface area contributed by atoms with Gasteiger partial charge in [0, 0.05) is 6.54 Å². The number of aryl methyl sites for hydroxylation is 2. The molecule has 3 nitrogen and oxygen atoms in total. The Hall–Kier alpha value is -1.38. The zero-order valence-corrected chi connectivity index (χ0v) is 8.11. The van der Waals surface area contributed by atoms with Crippen LogP contribution < -0.4 is 0 Å². The van der Waals surface area contributed by atoms with E-state index in [9.17, 15) is 0 Å². The fraction of sp³-hybridized carbons (Fsp3) is 0.455. The highest BCUT2D eigenvalue weighted by Crippen LogP contribution is 2.21. The van der Waals surface area contributed by atoms with Gasteiger partial charge in [0.1, 0.15) is 5.52 Å². The Morgan fingerprint density at radius 1 is 1.14 bits per heavy atom. The van der Waals surface area contributed by atoms with E-state index in [1.54, 1.807) is 0 Å². The third-order valence-corrected chi connectivity index (χ3v) is 2.93. The van der Waals surface area contributed by atoms with Gasteiger partial charge in [0.05, 0.1) is 5.52 Å². The number of nitrogens with zero attached hydrogens (tertiary/aromatic N) is 3. The molecule has 0 saturated carbocycles. The molecule has 0 radical (unpaired) electrons. The number of hydrogen-bond acceptors (Lipinski definition) is 2. The largest absolute Gasteiger partial charge is 0.244 e. The van der Waals surface area contributed by atoms with Gasteiger partial charge in [0.2, 0.25) is 0 Å². The van der Waals surface area contributed by atoms with E-state index >= 15 is 0 Å². The van der Waals surface area contributed by atoms with Crippen molar-refractivity contribution in [1.29, 1.82) is 0 Å². The van der Waals surface area contributed by atoms with Gasteiger partial charge in [-0.05, 0) is 30.9 Å². The molecule has 0 bridgehead atoms. The second-order valence-electron chi connectivity index (χ2n) is 3.91. The van der Waals surface area contributed by atoms with Gasteiger partial charge in [-0.15, -0.1) is 5.10 Å². The molecular formula is C11H13N3. The zero-order valence-electron chi connectivity index (χ0n) is 8.11. The summed E-state index contributed by atoms with van der Waals surface area (Å²) in [4.78, 5) is 0. The summed E-state index contributed by atoms with van der Waals surface area (Å²) in [6.07, 6.45) is 5.00. The molecular weight excluding hydrogens is 174 g/mol. The van der Waals surface area contributed by atoms with Gasteiger partial charge in [-0.2, -0.15) is 0 Å². The average Bonchev–Trinajstić information content (AvgIpc) is 2.57. The first-order valence-corrected chi connectivity index (χ1v) is 5.26. The molecule has 0 amide bonds. The third kappa shape index (κ3) is 1.12. The average molecular weight is 187 g/mol. The topological polar surface area (TPSA) is 30.7 Å². The highest BCUT2D eigenvalue weighted by atomic mass is 15.4. The smallest absolute Gasteiger partial charge is 0.113 e. The van der Waals surface area contributed by atoms with E-state index in [4.69, 9.17) is 0 Å². The van der Waals surface area contributed by atoms with Gasteiger partial charge in [0.25, 0.3) is 0 Å². The molecule has 1 aromatic carbocycles. The summed E-state index contributed by atoms with van der Waals surface area (Å²) in [6, 6.07) is 6.33. The number of hydrogen-bond donors (Lipinski definition) is 0. The van der Waals surface area contributed by atoms with E-state index in [0.29, 0.717) is 0 Å². The molecule has 0 atom stereocenters. The lowest BCUT2D eigenvalue weighted by Gasteiger charge is -2.10. The first-order valence-electron chi connectivity index (χ1n) is 5.26. The van der Waals surface area contributed by atoms with Crippen molar-refractivity contribution in [3.63, 3.8) is 0 Å². The molecule has 0 fully saturated rings. The molecule has 2 aromatic rings. The molecule has 0 aliphatic carbocycles. The molecule has 0 N–H and O–H groups in total. The van der Waals surface area contributed by atoms with Crippen LogP contribution in [0.5, 0.6) is 0 Å². The SMILES string of the molecule is c1cc2c3c(c1)nnn3CCCCC2. The van der Waals surface area contributed by atoms with Gasteiger partial charge >= 0.3 is 0 Å². The highest BCUT2D eigenvalue weighted by molar-refractivity contribution is 5.78. The van der Waals surface area contributed by atoms with Crippen molar-refractivity contribution in [3.05, 3.63) is 23.8 Å². The summed E-state index contributed by atoms with van der Waals surface area (Å²) in [6.45, 7) is 1.02. The Labute approximate surface area is 82.7 Å². The van der Waals surface area contributed by atoms with Crippen LogP contribution in [0.4, 0.5) is 0 Å². The molecule has 1 aliphatic rings. The van der Waals surface area contributed by atoms with Crippen LogP contribution in [0.1, 0.15) is 24.8 Å². The van der Waals surface area contributed by atoms with Crippen LogP contribution in [0.3, 0.4) is 0 Å². The number of aromatic nitrogens is 3. The van der Waals surface area contributed by atoms with Gasteiger partial charge in [-0.3, -0.25) is 0 Å². The number of rotatable bonds is 0. The molecule has 0 spiro atoms. The Balaban J connectivity index is 2.28. The maximum atomic E-state index is 4.19. The minimum Gasteiger partial charge on any atom is -0.244 e. The molecule has 1 aromatic heterocycles. The fourth-order valence-corrected chi connectivity index (χ4v) is 2.22. The van der Waals surface area contributed by atoms with Gasteiger partial charge in [-0.1, -0.05) is 23.8 Å². The second-order valence-corrected chi connectivity index (χ2v) is 3.91. The molecule has 1 aliphatic heterocycles. The minimum absolute atomic E-state index is 1.02. The number of benzene rings is 1. The van der Waals surface area contributed by atoms with Crippen molar-refractivity contribution in [1.82, 2.24) is 15.0 Å². The summed E-state index contributed by atoms with van der Waals surface area (Å²) in [5.41, 5.74) is 3.71. The van der Waals surface area contributed by atoms with Crippen molar-refractivity contribution in [3.8, 4) is 0 Å². The Morgan fingerprint density at radius 2 is 2.14 bits per heavy atom. The van der Waals surface area contributed by atoms with E-state index in [2.05, 4.69) is 27.1 Å². The van der Waals surface area contributed by atoms with Gasteiger partial charge < -0.3 is 0 Å². The summed E-state index contributed by atoms with van der Waals surface area (Å²) < 4.78 is 2.06. The molecule has 72 valence electrons. The quantitative estimate of drug-likeness (QED) is 0.632. The lowest BCUT2D eigenvalue weighted by Crippen LogP contribution is -2.05. The van der Waals surface area contributed by atoms with Crippen LogP contribution in [0.2, 0.25) is 0 Å². The van der Waals surface area contributed by atoms with Crippen molar-refractivity contribution in [2.24, 2.45) is 0 Å². The van der Waals surface area contributed by atoms with Crippen LogP contribution in [0.25, 0.3) is 11.0 Å². The van der Waals surface area contributed by atoms with Crippen LogP contribution >= 0.6 is 0 Å². The molecule has 0 saturated heterocycles. The van der Waals surface area contributed by atoms with Crippen LogP contribution in [-0.2, 0) is 13.0 Å². The van der Waals surface area contributed by atoms with Gasteiger partial charge in [0.15, 0.2) is 0 Å². The van der Waals surface area contributed by atoms with E-state index in [0.717, 1.165) is 12.1 Å². The predicted molar refractivity (Wildman–Crippen MR) is 55.1 cm³/mol. The molecule has 3 rings (SSSR count). The highest BCUT2D eigenvalue weighted by Gasteiger charge is 2.11. The van der Waals surface area contributed by atoms with Crippen LogP contribution in [-0.4, -0.2) is 15.0 Å². The van der Waals surface area contributed by atoms with Gasteiger partial charge in [-0.25, -0.2) is 4.68 Å². The van der Waals surface area contributed by atoms with E-state index in [1.165, 1.54) is 36.8 Å². The summed E-state index contributed by atoms with van der Waals surface area (Å²) in [5.74, 6) is 0. The summed E-state index contributed by atoms with van der Waals surface area (Å²) >= 11 is 0. The maximum absolute atomic E-state index is 4.19. The molecule has 2 heterocycles. The Morgan fingerprint density at radius 3 is 3.14 bits per heavy atom. The summed E-state index contributed by atoms with van der Waals surface area (Å²) in [7, 11) is 0. The van der Waals surface area contributed by atoms with E-state index < -0.39 is 0 Å². The van der Waals surface area contributed by atoms with Crippen LogP contribution in [0.15, 0.2) is 18.2 Å². The molecule has 14 heavy (non-hydrogen) atoms. The standard InChI is InChI=1S/C11H13N3/c1-2-5-9-6-4-7-10-11(9)14(8-3-1)13-12-10/h4,6-7H,1-3,5,8H2. The number of para-hydroxylation sites is 1. The van der Waals surface area contributed by atoms with Crippen molar-refractivity contribution < 1.29 is 0 Å². The maximum Gasteiger partial charge on any atom is 0.113 e. The van der Waals surface area contributed by atoms with Crippen molar-refractivity contribution in [2.45, 2.75) is 32.2 Å². The molecule has 0 unspecified atom stereocenters. The fourth-order valence-electron chi connectivity index (χ4n) is 2.22. The normalized spacial score (nSPS) is 16.6. The lowest BCUT2D eigenvalue weighted by molar-refractivity contribution is 0.530. The predicted octanol–water partition coefficient (Wildman–Crippen LogP) is 2.16. The minimum atomic E-state index is 1.02. The first-order chi connectivity index (χ1) is 6.95. The van der Waals surface area contributed by atoms with Crippen molar-refractivity contribution >= 4 is 11.0 Å². The second kappa shape index (κ2) is 3.08. The van der Waals surface area contributed by atoms with Crippen LogP contribution in [0, 0.1) is 0 Å². The van der Waals surface area contributed by atoms with E-state index in [1.807, 2.05) is 6.07 Å². The lowest BCUT2D eigenvalue weighted by atomic mass is 10.0.